The van der Waals surface area contributed by atoms with Gasteiger partial charge in [-0.2, -0.15) is 0 Å². The Balaban J connectivity index is 2.06. The average molecular weight is 285 g/mol. The van der Waals surface area contributed by atoms with Crippen LogP contribution in [0.1, 0.15) is 12.5 Å². The molecule has 0 fully saturated rings. The quantitative estimate of drug-likeness (QED) is 0.916. The van der Waals surface area contributed by atoms with E-state index < -0.39 is 6.09 Å². The van der Waals surface area contributed by atoms with Crippen LogP contribution in [0.5, 0.6) is 0 Å². The Labute approximate surface area is 124 Å². The fraction of sp³-hybridized carbons (Fsp3) is 0.250. The van der Waals surface area contributed by atoms with E-state index in [1.165, 1.54) is 12.7 Å². The highest BCUT2D eigenvalue weighted by Gasteiger charge is 2.07. The second-order valence-corrected chi connectivity index (χ2v) is 4.52. The molecule has 0 saturated carbocycles. The molecule has 0 saturated heterocycles. The molecule has 1 heterocycles. The maximum Gasteiger partial charge on any atom is 0.412 e. The highest BCUT2D eigenvalue weighted by atomic mass is 16.5. The maximum absolute atomic E-state index is 11.1. The SMILES string of the molecule is CCN(Cc1ccccc1)c1ccc(NC(=O)OC)nc1. The normalized spacial score (nSPS) is 10.0. The van der Waals surface area contributed by atoms with Crippen molar-refractivity contribution in [1.29, 1.82) is 0 Å². The topological polar surface area (TPSA) is 54.5 Å². The summed E-state index contributed by atoms with van der Waals surface area (Å²) in [5.74, 6) is 0.473. The van der Waals surface area contributed by atoms with Gasteiger partial charge in [0, 0.05) is 13.1 Å². The average Bonchev–Trinajstić information content (AvgIpc) is 2.54. The van der Waals surface area contributed by atoms with E-state index in [-0.39, 0.29) is 0 Å². The molecule has 1 aromatic heterocycles. The second-order valence-electron chi connectivity index (χ2n) is 4.52. The molecular formula is C16H19N3O2. The highest BCUT2D eigenvalue weighted by Crippen LogP contribution is 2.17. The van der Waals surface area contributed by atoms with Crippen LogP contribution in [0.4, 0.5) is 16.3 Å². The molecule has 1 amide bonds. The first-order chi connectivity index (χ1) is 10.2. The van der Waals surface area contributed by atoms with Gasteiger partial charge in [0.1, 0.15) is 5.82 Å². The zero-order chi connectivity index (χ0) is 15.1. The number of carbonyl (C=O) groups is 1. The van der Waals surface area contributed by atoms with Crippen LogP contribution < -0.4 is 10.2 Å². The number of carbonyl (C=O) groups excluding carboxylic acids is 1. The maximum atomic E-state index is 11.1. The molecule has 2 rings (SSSR count). The van der Waals surface area contributed by atoms with Gasteiger partial charge in [0.25, 0.3) is 0 Å². The number of anilines is 2. The Morgan fingerprint density at radius 3 is 2.57 bits per heavy atom. The summed E-state index contributed by atoms with van der Waals surface area (Å²) in [6.45, 7) is 3.80. The van der Waals surface area contributed by atoms with E-state index in [1.807, 2.05) is 24.3 Å². The van der Waals surface area contributed by atoms with Crippen LogP contribution in [0.25, 0.3) is 0 Å². The Morgan fingerprint density at radius 1 is 1.24 bits per heavy atom. The molecule has 0 radical (unpaired) electrons. The predicted octanol–water partition coefficient (Wildman–Crippen LogP) is 3.29. The molecule has 0 bridgehead atoms. The molecule has 0 spiro atoms. The second kappa shape index (κ2) is 7.28. The fourth-order valence-electron chi connectivity index (χ4n) is 1.99. The van der Waals surface area contributed by atoms with Gasteiger partial charge in [-0.3, -0.25) is 5.32 Å². The van der Waals surface area contributed by atoms with Crippen molar-refractivity contribution in [3.05, 3.63) is 54.2 Å². The van der Waals surface area contributed by atoms with Crippen molar-refractivity contribution >= 4 is 17.6 Å². The van der Waals surface area contributed by atoms with Crippen LogP contribution in [-0.2, 0) is 11.3 Å². The summed E-state index contributed by atoms with van der Waals surface area (Å²) in [5, 5.41) is 2.53. The Kier molecular flexibility index (Phi) is 5.15. The van der Waals surface area contributed by atoms with Gasteiger partial charge in [-0.1, -0.05) is 30.3 Å². The van der Waals surface area contributed by atoms with Crippen LogP contribution in [-0.4, -0.2) is 24.7 Å². The smallest absolute Gasteiger partial charge is 0.412 e. The molecule has 0 aliphatic rings. The number of nitrogens with one attached hydrogen (secondary N) is 1. The Hall–Kier alpha value is -2.56. The van der Waals surface area contributed by atoms with Gasteiger partial charge in [-0.15, -0.1) is 0 Å². The van der Waals surface area contributed by atoms with Crippen LogP contribution in [0.2, 0.25) is 0 Å². The van der Waals surface area contributed by atoms with Gasteiger partial charge < -0.3 is 9.64 Å². The third-order valence-electron chi connectivity index (χ3n) is 3.13. The molecule has 2 aromatic rings. The summed E-state index contributed by atoms with van der Waals surface area (Å²) >= 11 is 0. The molecule has 0 aliphatic heterocycles. The predicted molar refractivity (Wildman–Crippen MR) is 83.4 cm³/mol. The van der Waals surface area contributed by atoms with Crippen molar-refractivity contribution in [1.82, 2.24) is 4.98 Å². The Morgan fingerprint density at radius 2 is 2.00 bits per heavy atom. The molecule has 0 aliphatic carbocycles. The third-order valence-corrected chi connectivity index (χ3v) is 3.13. The van der Waals surface area contributed by atoms with E-state index >= 15 is 0 Å². The number of hydrogen-bond donors (Lipinski definition) is 1. The van der Waals surface area contributed by atoms with E-state index in [2.05, 4.69) is 39.0 Å². The minimum atomic E-state index is -0.521. The van der Waals surface area contributed by atoms with E-state index in [0.717, 1.165) is 18.8 Å². The van der Waals surface area contributed by atoms with E-state index in [9.17, 15) is 4.79 Å². The first-order valence-corrected chi connectivity index (χ1v) is 6.83. The van der Waals surface area contributed by atoms with E-state index in [4.69, 9.17) is 0 Å². The standard InChI is InChI=1S/C16H19N3O2/c1-3-19(12-13-7-5-4-6-8-13)14-9-10-15(17-11-14)18-16(20)21-2/h4-11H,3,12H2,1-2H3,(H,17,18,20). The molecular weight excluding hydrogens is 266 g/mol. The number of aromatic nitrogens is 1. The molecule has 1 aromatic carbocycles. The zero-order valence-electron chi connectivity index (χ0n) is 12.2. The van der Waals surface area contributed by atoms with Gasteiger partial charge in [0.2, 0.25) is 0 Å². The van der Waals surface area contributed by atoms with Crippen LogP contribution in [0.3, 0.4) is 0 Å². The first kappa shape index (κ1) is 14.8. The number of rotatable bonds is 5. The minimum absolute atomic E-state index is 0.473. The zero-order valence-corrected chi connectivity index (χ0v) is 12.2. The highest BCUT2D eigenvalue weighted by molar-refractivity contribution is 5.83. The van der Waals surface area contributed by atoms with Crippen molar-refractivity contribution in [2.75, 3.05) is 23.9 Å². The monoisotopic (exact) mass is 285 g/mol. The number of benzene rings is 1. The van der Waals surface area contributed by atoms with Gasteiger partial charge in [0.15, 0.2) is 0 Å². The summed E-state index contributed by atoms with van der Waals surface area (Å²) in [6.07, 6.45) is 1.23. The lowest BCUT2D eigenvalue weighted by molar-refractivity contribution is 0.187. The summed E-state index contributed by atoms with van der Waals surface area (Å²) in [7, 11) is 1.32. The number of amides is 1. The van der Waals surface area contributed by atoms with Crippen molar-refractivity contribution in [3.63, 3.8) is 0 Å². The summed E-state index contributed by atoms with van der Waals surface area (Å²) < 4.78 is 4.53. The van der Waals surface area contributed by atoms with Crippen molar-refractivity contribution < 1.29 is 9.53 Å². The van der Waals surface area contributed by atoms with Crippen molar-refractivity contribution in [3.8, 4) is 0 Å². The lowest BCUT2D eigenvalue weighted by Crippen LogP contribution is -2.22. The fourth-order valence-corrected chi connectivity index (χ4v) is 1.99. The first-order valence-electron chi connectivity index (χ1n) is 6.83. The van der Waals surface area contributed by atoms with Gasteiger partial charge in [-0.25, -0.2) is 9.78 Å². The number of pyridine rings is 1. The largest absolute Gasteiger partial charge is 0.453 e. The molecule has 5 heteroatoms. The third kappa shape index (κ3) is 4.21. The number of ether oxygens (including phenoxy) is 1. The molecule has 110 valence electrons. The molecule has 0 atom stereocenters. The van der Waals surface area contributed by atoms with Crippen molar-refractivity contribution in [2.45, 2.75) is 13.5 Å². The molecule has 21 heavy (non-hydrogen) atoms. The number of nitrogens with zero attached hydrogens (tertiary/aromatic N) is 2. The minimum Gasteiger partial charge on any atom is -0.453 e. The summed E-state index contributed by atoms with van der Waals surface area (Å²) in [5.41, 5.74) is 2.26. The van der Waals surface area contributed by atoms with Crippen LogP contribution in [0.15, 0.2) is 48.7 Å². The molecule has 1 N–H and O–H groups in total. The van der Waals surface area contributed by atoms with Gasteiger partial charge >= 0.3 is 6.09 Å². The van der Waals surface area contributed by atoms with Crippen molar-refractivity contribution in [2.24, 2.45) is 0 Å². The Bertz CT molecular complexity index is 570. The number of hydrogen-bond acceptors (Lipinski definition) is 4. The molecule has 0 unspecified atom stereocenters. The van der Waals surface area contributed by atoms with Gasteiger partial charge in [0.05, 0.1) is 19.0 Å². The summed E-state index contributed by atoms with van der Waals surface area (Å²) in [6, 6.07) is 14.0. The van der Waals surface area contributed by atoms with Crippen LogP contribution >= 0.6 is 0 Å². The molecule has 5 nitrogen and oxygen atoms in total. The lowest BCUT2D eigenvalue weighted by Gasteiger charge is -2.23. The lowest BCUT2D eigenvalue weighted by atomic mass is 10.2. The number of methoxy groups -OCH3 is 1. The van der Waals surface area contributed by atoms with E-state index in [0.29, 0.717) is 5.82 Å². The summed E-state index contributed by atoms with van der Waals surface area (Å²) in [4.78, 5) is 17.5. The van der Waals surface area contributed by atoms with Crippen LogP contribution in [0, 0.1) is 0 Å². The van der Waals surface area contributed by atoms with Gasteiger partial charge in [-0.05, 0) is 24.6 Å². The van der Waals surface area contributed by atoms with E-state index in [1.54, 1.807) is 12.3 Å².